The zero-order chi connectivity index (χ0) is 14.0. The zero-order valence-corrected chi connectivity index (χ0v) is 12.4. The van der Waals surface area contributed by atoms with Crippen molar-refractivity contribution in [1.29, 1.82) is 0 Å². The van der Waals surface area contributed by atoms with Crippen LogP contribution in [0.15, 0.2) is 54.6 Å². The van der Waals surface area contributed by atoms with Gasteiger partial charge in [-0.3, -0.25) is 0 Å². The second-order valence-corrected chi connectivity index (χ2v) is 6.01. The predicted octanol–water partition coefficient (Wildman–Crippen LogP) is 4.38. The molecule has 1 atom stereocenters. The van der Waals surface area contributed by atoms with Crippen molar-refractivity contribution in [2.45, 2.75) is 37.6 Å². The van der Waals surface area contributed by atoms with Crippen LogP contribution in [-0.4, -0.2) is 7.05 Å². The van der Waals surface area contributed by atoms with Crippen LogP contribution < -0.4 is 5.32 Å². The highest BCUT2D eigenvalue weighted by molar-refractivity contribution is 5.36. The average molecular weight is 265 g/mol. The van der Waals surface area contributed by atoms with Crippen molar-refractivity contribution in [2.75, 3.05) is 7.05 Å². The smallest absolute Gasteiger partial charge is 0.0415 e. The quantitative estimate of drug-likeness (QED) is 0.865. The Balaban J connectivity index is 2.03. The number of rotatable bonds is 4. The van der Waals surface area contributed by atoms with E-state index in [4.69, 9.17) is 0 Å². The molecule has 0 radical (unpaired) electrons. The van der Waals surface area contributed by atoms with Gasteiger partial charge in [0, 0.05) is 11.5 Å². The van der Waals surface area contributed by atoms with Crippen LogP contribution in [0.25, 0.3) is 0 Å². The van der Waals surface area contributed by atoms with E-state index in [9.17, 15) is 0 Å². The summed E-state index contributed by atoms with van der Waals surface area (Å²) in [5, 5.41) is 3.59. The van der Waals surface area contributed by atoms with Crippen LogP contribution in [-0.2, 0) is 5.41 Å². The molecule has 0 aromatic heterocycles. The molecule has 1 aliphatic rings. The minimum atomic E-state index is 0.268. The molecular weight excluding hydrogens is 242 g/mol. The Labute approximate surface area is 122 Å². The monoisotopic (exact) mass is 265 g/mol. The maximum atomic E-state index is 3.59. The highest BCUT2D eigenvalue weighted by atomic mass is 14.9. The molecule has 1 N–H and O–H groups in total. The second-order valence-electron chi connectivity index (χ2n) is 6.01. The number of benzene rings is 2. The van der Waals surface area contributed by atoms with Gasteiger partial charge in [0.1, 0.15) is 0 Å². The van der Waals surface area contributed by atoms with E-state index >= 15 is 0 Å². The molecule has 0 saturated heterocycles. The van der Waals surface area contributed by atoms with Gasteiger partial charge < -0.3 is 5.32 Å². The van der Waals surface area contributed by atoms with E-state index < -0.39 is 0 Å². The lowest BCUT2D eigenvalue weighted by atomic mass is 9.58. The van der Waals surface area contributed by atoms with Crippen molar-refractivity contribution in [1.82, 2.24) is 5.32 Å². The fourth-order valence-corrected chi connectivity index (χ4v) is 3.68. The summed E-state index contributed by atoms with van der Waals surface area (Å²) in [5.74, 6) is 0. The number of likely N-dealkylation sites (N-methyl/N-ethyl adjacent to an activating group) is 1. The second kappa shape index (κ2) is 5.41. The zero-order valence-electron chi connectivity index (χ0n) is 12.4. The van der Waals surface area contributed by atoms with Gasteiger partial charge in [0.2, 0.25) is 0 Å². The van der Waals surface area contributed by atoms with Crippen molar-refractivity contribution < 1.29 is 0 Å². The first-order valence-corrected chi connectivity index (χ1v) is 7.56. The van der Waals surface area contributed by atoms with Crippen LogP contribution in [0, 0.1) is 6.92 Å². The van der Waals surface area contributed by atoms with Crippen LogP contribution in [0.2, 0.25) is 0 Å². The van der Waals surface area contributed by atoms with Gasteiger partial charge in [-0.25, -0.2) is 0 Å². The Morgan fingerprint density at radius 1 is 1.00 bits per heavy atom. The molecule has 1 saturated carbocycles. The molecule has 2 aromatic carbocycles. The molecular formula is C19H23N. The number of hydrogen-bond acceptors (Lipinski definition) is 1. The number of aryl methyl sites for hydroxylation is 1. The molecule has 2 aromatic rings. The molecule has 0 spiro atoms. The third-order valence-corrected chi connectivity index (χ3v) is 4.81. The SMILES string of the molecule is CNC(c1cccc(C)c1)C1(c2ccccc2)CCC1. The van der Waals surface area contributed by atoms with Crippen LogP contribution >= 0.6 is 0 Å². The standard InChI is InChI=1S/C19H23N/c1-15-8-6-9-16(14-15)18(20-2)19(12-7-13-19)17-10-4-3-5-11-17/h3-6,8-11,14,18,20H,7,12-13H2,1-2H3. The molecule has 0 aliphatic heterocycles. The fourth-order valence-electron chi connectivity index (χ4n) is 3.68. The summed E-state index contributed by atoms with van der Waals surface area (Å²) in [4.78, 5) is 0. The summed E-state index contributed by atoms with van der Waals surface area (Å²) in [7, 11) is 2.09. The number of nitrogens with one attached hydrogen (secondary N) is 1. The van der Waals surface area contributed by atoms with Crippen molar-refractivity contribution in [2.24, 2.45) is 0 Å². The lowest BCUT2D eigenvalue weighted by Gasteiger charge is -2.48. The summed E-state index contributed by atoms with van der Waals surface area (Å²) in [5.41, 5.74) is 4.50. The highest BCUT2D eigenvalue weighted by Gasteiger charge is 2.45. The molecule has 0 amide bonds. The van der Waals surface area contributed by atoms with Gasteiger partial charge in [-0.2, -0.15) is 0 Å². The van der Waals surface area contributed by atoms with E-state index in [1.54, 1.807) is 0 Å². The fraction of sp³-hybridized carbons (Fsp3) is 0.368. The minimum Gasteiger partial charge on any atom is -0.312 e. The molecule has 104 valence electrons. The Hall–Kier alpha value is -1.60. The van der Waals surface area contributed by atoms with Gasteiger partial charge in [0.25, 0.3) is 0 Å². The van der Waals surface area contributed by atoms with Crippen LogP contribution in [0.5, 0.6) is 0 Å². The Bertz CT molecular complexity index is 569. The normalized spacial score (nSPS) is 18.3. The first-order chi connectivity index (χ1) is 9.76. The Morgan fingerprint density at radius 2 is 1.75 bits per heavy atom. The third kappa shape index (κ3) is 2.16. The lowest BCUT2D eigenvalue weighted by Crippen LogP contribution is -2.45. The summed E-state index contributed by atoms with van der Waals surface area (Å²) in [6.45, 7) is 2.17. The van der Waals surface area contributed by atoms with Crippen molar-refractivity contribution in [3.05, 3.63) is 71.3 Å². The number of hydrogen-bond donors (Lipinski definition) is 1. The summed E-state index contributed by atoms with van der Waals surface area (Å²) in [6.07, 6.45) is 3.88. The molecule has 0 heterocycles. The van der Waals surface area contributed by atoms with Gasteiger partial charge in [0.05, 0.1) is 0 Å². The summed E-state index contributed by atoms with van der Waals surface area (Å²) < 4.78 is 0. The Kier molecular flexibility index (Phi) is 3.62. The van der Waals surface area contributed by atoms with E-state index in [1.165, 1.54) is 36.0 Å². The van der Waals surface area contributed by atoms with E-state index in [1.807, 2.05) is 0 Å². The lowest BCUT2D eigenvalue weighted by molar-refractivity contribution is 0.175. The average Bonchev–Trinajstić information content (AvgIpc) is 2.43. The molecule has 1 heteroatoms. The largest absolute Gasteiger partial charge is 0.312 e. The minimum absolute atomic E-state index is 0.268. The van der Waals surface area contributed by atoms with Gasteiger partial charge in [-0.05, 0) is 37.9 Å². The molecule has 1 aliphatic carbocycles. The molecule has 1 fully saturated rings. The summed E-state index contributed by atoms with van der Waals surface area (Å²) in [6, 6.07) is 20.4. The molecule has 0 bridgehead atoms. The van der Waals surface area contributed by atoms with Crippen molar-refractivity contribution in [3.8, 4) is 0 Å². The first kappa shape index (κ1) is 13.4. The molecule has 20 heavy (non-hydrogen) atoms. The summed E-state index contributed by atoms with van der Waals surface area (Å²) >= 11 is 0. The maximum Gasteiger partial charge on any atom is 0.0415 e. The van der Waals surface area contributed by atoms with Gasteiger partial charge in [-0.1, -0.05) is 66.6 Å². The van der Waals surface area contributed by atoms with Gasteiger partial charge in [-0.15, -0.1) is 0 Å². The molecule has 1 unspecified atom stereocenters. The molecule has 1 nitrogen and oxygen atoms in total. The van der Waals surface area contributed by atoms with Gasteiger partial charge in [0.15, 0.2) is 0 Å². The predicted molar refractivity (Wildman–Crippen MR) is 85.0 cm³/mol. The topological polar surface area (TPSA) is 12.0 Å². The van der Waals surface area contributed by atoms with E-state index in [0.29, 0.717) is 6.04 Å². The van der Waals surface area contributed by atoms with Crippen LogP contribution in [0.4, 0.5) is 0 Å². The van der Waals surface area contributed by atoms with E-state index in [2.05, 4.69) is 73.9 Å². The van der Waals surface area contributed by atoms with E-state index in [-0.39, 0.29) is 5.41 Å². The van der Waals surface area contributed by atoms with Crippen LogP contribution in [0.3, 0.4) is 0 Å². The van der Waals surface area contributed by atoms with Gasteiger partial charge >= 0.3 is 0 Å². The van der Waals surface area contributed by atoms with Crippen LogP contribution in [0.1, 0.15) is 42.0 Å². The first-order valence-electron chi connectivity index (χ1n) is 7.56. The third-order valence-electron chi connectivity index (χ3n) is 4.81. The Morgan fingerprint density at radius 3 is 2.30 bits per heavy atom. The maximum absolute atomic E-state index is 3.59. The van der Waals surface area contributed by atoms with Crippen molar-refractivity contribution in [3.63, 3.8) is 0 Å². The van der Waals surface area contributed by atoms with E-state index in [0.717, 1.165) is 0 Å². The molecule has 3 rings (SSSR count). The highest BCUT2D eigenvalue weighted by Crippen LogP contribution is 2.51. The van der Waals surface area contributed by atoms with Crippen molar-refractivity contribution >= 4 is 0 Å².